The van der Waals surface area contributed by atoms with Gasteiger partial charge in [0.05, 0.1) is 6.21 Å². The van der Waals surface area contributed by atoms with Crippen LogP contribution >= 0.6 is 11.6 Å². The molecule has 0 bridgehead atoms. The van der Waals surface area contributed by atoms with E-state index in [1.54, 1.807) is 36.4 Å². The van der Waals surface area contributed by atoms with Crippen LogP contribution in [0.4, 0.5) is 9.18 Å². The van der Waals surface area contributed by atoms with Crippen LogP contribution in [0.3, 0.4) is 0 Å². The van der Waals surface area contributed by atoms with Crippen LogP contribution in [0.25, 0.3) is 0 Å². The van der Waals surface area contributed by atoms with Crippen LogP contribution in [0.1, 0.15) is 11.1 Å². The number of ether oxygens (including phenoxy) is 1. The lowest BCUT2D eigenvalue weighted by Gasteiger charge is -2.08. The number of rotatable bonds is 5. The van der Waals surface area contributed by atoms with Crippen molar-refractivity contribution in [1.82, 2.24) is 5.43 Å². The zero-order valence-corrected chi connectivity index (χ0v) is 12.2. The summed E-state index contributed by atoms with van der Waals surface area (Å²) in [6.07, 6.45) is 1.42. The Morgan fingerprint density at radius 3 is 2.91 bits per heavy atom. The molecule has 0 aromatic heterocycles. The van der Waals surface area contributed by atoms with Crippen molar-refractivity contribution in [1.29, 1.82) is 0 Å². The molecule has 0 unspecified atom stereocenters. The monoisotopic (exact) mass is 321 g/mol. The number of benzene rings is 2. The van der Waals surface area contributed by atoms with E-state index in [2.05, 4.69) is 10.5 Å². The van der Waals surface area contributed by atoms with E-state index >= 15 is 0 Å². The summed E-state index contributed by atoms with van der Waals surface area (Å²) < 4.78 is 19.2. The van der Waals surface area contributed by atoms with Gasteiger partial charge in [-0.05, 0) is 29.8 Å². The lowest BCUT2D eigenvalue weighted by Crippen LogP contribution is -2.24. The van der Waals surface area contributed by atoms with Crippen molar-refractivity contribution >= 4 is 23.8 Å². The molecule has 0 aliphatic rings. The largest absolute Gasteiger partial charge is 0.489 e. The minimum Gasteiger partial charge on any atom is -0.489 e. The average molecular weight is 322 g/mol. The van der Waals surface area contributed by atoms with E-state index in [4.69, 9.17) is 22.1 Å². The highest BCUT2D eigenvalue weighted by atomic mass is 35.5. The van der Waals surface area contributed by atoms with E-state index in [9.17, 15) is 9.18 Å². The molecule has 3 N–H and O–H groups in total. The molecule has 0 saturated carbocycles. The van der Waals surface area contributed by atoms with E-state index < -0.39 is 11.8 Å². The van der Waals surface area contributed by atoms with E-state index in [1.165, 1.54) is 12.3 Å². The number of amides is 2. The number of hydrogen-bond donors (Lipinski definition) is 2. The van der Waals surface area contributed by atoms with Crippen molar-refractivity contribution in [3.05, 3.63) is 64.4 Å². The standard InChI is InChI=1S/C15H13ClFN3O2/c16-12-5-4-11(14(17)7-12)9-22-13-3-1-2-10(6-13)8-19-20-15(18)21/h1-8H,9H2,(H3,18,20,21). The molecule has 0 fully saturated rings. The fourth-order valence-corrected chi connectivity index (χ4v) is 1.81. The van der Waals surface area contributed by atoms with Gasteiger partial charge in [-0.2, -0.15) is 5.10 Å². The van der Waals surface area contributed by atoms with Gasteiger partial charge in [0.15, 0.2) is 0 Å². The summed E-state index contributed by atoms with van der Waals surface area (Å²) in [5, 5.41) is 3.98. The Hall–Kier alpha value is -2.60. The quantitative estimate of drug-likeness (QED) is 0.656. The predicted octanol–water partition coefficient (Wildman–Crippen LogP) is 3.06. The number of primary amides is 1. The smallest absolute Gasteiger partial charge is 0.332 e. The van der Waals surface area contributed by atoms with E-state index in [0.717, 1.165) is 0 Å². The molecule has 7 heteroatoms. The Balaban J connectivity index is 2.01. The van der Waals surface area contributed by atoms with Crippen LogP contribution in [0, 0.1) is 5.82 Å². The zero-order chi connectivity index (χ0) is 15.9. The highest BCUT2D eigenvalue weighted by Crippen LogP contribution is 2.18. The summed E-state index contributed by atoms with van der Waals surface area (Å²) in [5.74, 6) is 0.119. The molecule has 0 saturated heterocycles. The Morgan fingerprint density at radius 1 is 1.36 bits per heavy atom. The van der Waals surface area contributed by atoms with Gasteiger partial charge in [-0.25, -0.2) is 14.6 Å². The number of nitrogens with zero attached hydrogens (tertiary/aromatic N) is 1. The van der Waals surface area contributed by atoms with Crippen molar-refractivity contribution < 1.29 is 13.9 Å². The topological polar surface area (TPSA) is 76.7 Å². The maximum atomic E-state index is 13.6. The molecule has 0 aliphatic heterocycles. The minimum atomic E-state index is -0.748. The Morgan fingerprint density at radius 2 is 2.18 bits per heavy atom. The Bertz CT molecular complexity index is 707. The van der Waals surface area contributed by atoms with E-state index in [1.807, 2.05) is 0 Å². The van der Waals surface area contributed by atoms with Gasteiger partial charge in [0.25, 0.3) is 0 Å². The van der Waals surface area contributed by atoms with Crippen molar-refractivity contribution in [2.75, 3.05) is 0 Å². The number of hydrazone groups is 1. The van der Waals surface area contributed by atoms with Crippen molar-refractivity contribution in [2.45, 2.75) is 6.61 Å². The maximum absolute atomic E-state index is 13.6. The Labute approximate surface area is 131 Å². The lowest BCUT2D eigenvalue weighted by atomic mass is 10.2. The molecule has 0 heterocycles. The van der Waals surface area contributed by atoms with Gasteiger partial charge in [-0.1, -0.05) is 29.8 Å². The summed E-state index contributed by atoms with van der Waals surface area (Å²) in [5.41, 5.74) is 8.08. The second kappa shape index (κ2) is 7.42. The average Bonchev–Trinajstić information content (AvgIpc) is 2.46. The van der Waals surface area contributed by atoms with Gasteiger partial charge in [0.2, 0.25) is 0 Å². The first-order chi connectivity index (χ1) is 10.5. The number of nitrogens with two attached hydrogens (primary N) is 1. The molecule has 0 atom stereocenters. The summed E-state index contributed by atoms with van der Waals surface area (Å²) in [7, 11) is 0. The fraction of sp³-hybridized carbons (Fsp3) is 0.0667. The summed E-state index contributed by atoms with van der Waals surface area (Å²) in [6.45, 7) is 0.0726. The number of nitrogens with one attached hydrogen (secondary N) is 1. The molecule has 2 aromatic carbocycles. The van der Waals surface area contributed by atoms with Crippen LogP contribution in [0.15, 0.2) is 47.6 Å². The molecule has 2 amide bonds. The molecule has 5 nitrogen and oxygen atoms in total. The summed E-state index contributed by atoms with van der Waals surface area (Å²) in [6, 6.07) is 10.6. The fourth-order valence-electron chi connectivity index (χ4n) is 1.65. The summed E-state index contributed by atoms with van der Waals surface area (Å²) >= 11 is 5.69. The number of hydrogen-bond acceptors (Lipinski definition) is 3. The lowest BCUT2D eigenvalue weighted by molar-refractivity contribution is 0.249. The SMILES string of the molecule is NC(=O)NN=Cc1cccc(OCc2ccc(Cl)cc2F)c1. The minimum absolute atomic E-state index is 0.0726. The second-order valence-corrected chi connectivity index (χ2v) is 4.77. The van der Waals surface area contributed by atoms with Crippen molar-refractivity contribution in [3.8, 4) is 5.75 Å². The molecule has 2 aromatic rings. The first-order valence-electron chi connectivity index (χ1n) is 6.30. The molecular weight excluding hydrogens is 309 g/mol. The van der Waals surface area contributed by atoms with Gasteiger partial charge in [0.1, 0.15) is 18.2 Å². The third-order valence-electron chi connectivity index (χ3n) is 2.66. The van der Waals surface area contributed by atoms with Gasteiger partial charge < -0.3 is 10.5 Å². The van der Waals surface area contributed by atoms with Crippen LogP contribution in [-0.2, 0) is 6.61 Å². The normalized spacial score (nSPS) is 10.6. The molecule has 0 aliphatic carbocycles. The highest BCUT2D eigenvalue weighted by molar-refractivity contribution is 6.30. The van der Waals surface area contributed by atoms with Crippen molar-refractivity contribution in [3.63, 3.8) is 0 Å². The predicted molar refractivity (Wildman–Crippen MR) is 82.5 cm³/mol. The maximum Gasteiger partial charge on any atom is 0.332 e. The molecule has 114 valence electrons. The van der Waals surface area contributed by atoms with Crippen LogP contribution in [0.2, 0.25) is 5.02 Å². The number of urea groups is 1. The molecule has 2 rings (SSSR count). The number of carbonyl (C=O) groups excluding carboxylic acids is 1. The molecule has 22 heavy (non-hydrogen) atoms. The molecule has 0 radical (unpaired) electrons. The molecule has 0 spiro atoms. The Kier molecular flexibility index (Phi) is 5.32. The second-order valence-electron chi connectivity index (χ2n) is 4.33. The van der Waals surface area contributed by atoms with E-state index in [0.29, 0.717) is 21.9 Å². The van der Waals surface area contributed by atoms with Gasteiger partial charge in [-0.3, -0.25) is 0 Å². The first-order valence-corrected chi connectivity index (χ1v) is 6.67. The van der Waals surface area contributed by atoms with Crippen LogP contribution < -0.4 is 15.9 Å². The van der Waals surface area contributed by atoms with E-state index in [-0.39, 0.29) is 6.61 Å². The number of halogens is 2. The highest BCUT2D eigenvalue weighted by Gasteiger charge is 2.04. The van der Waals surface area contributed by atoms with Crippen LogP contribution in [0.5, 0.6) is 5.75 Å². The van der Waals surface area contributed by atoms with Gasteiger partial charge >= 0.3 is 6.03 Å². The van der Waals surface area contributed by atoms with Crippen molar-refractivity contribution in [2.24, 2.45) is 10.8 Å². The summed E-state index contributed by atoms with van der Waals surface area (Å²) in [4.78, 5) is 10.5. The van der Waals surface area contributed by atoms with Gasteiger partial charge in [-0.15, -0.1) is 0 Å². The number of carbonyl (C=O) groups is 1. The zero-order valence-electron chi connectivity index (χ0n) is 11.4. The van der Waals surface area contributed by atoms with Crippen LogP contribution in [-0.4, -0.2) is 12.2 Å². The van der Waals surface area contributed by atoms with Gasteiger partial charge in [0, 0.05) is 10.6 Å². The third kappa shape index (κ3) is 4.75. The third-order valence-corrected chi connectivity index (χ3v) is 2.89. The molecular formula is C15H13ClFN3O2. The first kappa shape index (κ1) is 15.8.